The number of hydrogen-bond donors (Lipinski definition) is 2. The van der Waals surface area contributed by atoms with Gasteiger partial charge in [0.25, 0.3) is 0 Å². The molecule has 0 radical (unpaired) electrons. The quantitative estimate of drug-likeness (QED) is 0.767. The van der Waals surface area contributed by atoms with Gasteiger partial charge < -0.3 is 5.32 Å². The number of hydrogen-bond acceptors (Lipinski definition) is 3. The van der Waals surface area contributed by atoms with Gasteiger partial charge in [-0.15, -0.1) is 0 Å². The lowest BCUT2D eigenvalue weighted by molar-refractivity contribution is -0.122. The van der Waals surface area contributed by atoms with Gasteiger partial charge >= 0.3 is 0 Å². The minimum absolute atomic E-state index is 0.245. The topological polar surface area (TPSA) is 75.3 Å². The summed E-state index contributed by atoms with van der Waals surface area (Å²) in [6.07, 6.45) is 0. The predicted molar refractivity (Wildman–Crippen MR) is 108 cm³/mol. The molecular weight excluding hydrogens is 384 g/mol. The Morgan fingerprint density at radius 1 is 1.07 bits per heavy atom. The Kier molecular flexibility index (Phi) is 6.68. The van der Waals surface area contributed by atoms with Crippen LogP contribution in [-0.4, -0.2) is 20.4 Å². The highest BCUT2D eigenvalue weighted by Crippen LogP contribution is 2.26. The van der Waals surface area contributed by atoms with Crippen molar-refractivity contribution >= 4 is 27.5 Å². The molecule has 2 N–H and O–H groups in total. The van der Waals surface area contributed by atoms with Crippen molar-refractivity contribution in [3.63, 3.8) is 0 Å². The van der Waals surface area contributed by atoms with Crippen molar-refractivity contribution in [2.45, 2.75) is 52.1 Å². The molecule has 2 aromatic rings. The molecule has 1 amide bonds. The van der Waals surface area contributed by atoms with Crippen molar-refractivity contribution in [3.8, 4) is 0 Å². The van der Waals surface area contributed by atoms with Crippen LogP contribution in [0.3, 0.4) is 0 Å². The van der Waals surface area contributed by atoms with E-state index in [4.69, 9.17) is 11.6 Å². The molecule has 0 bridgehead atoms. The van der Waals surface area contributed by atoms with E-state index in [0.29, 0.717) is 16.1 Å². The minimum atomic E-state index is -3.83. The van der Waals surface area contributed by atoms with Crippen LogP contribution >= 0.6 is 11.6 Å². The first-order chi connectivity index (χ1) is 12.5. The molecule has 0 aromatic heterocycles. The fourth-order valence-corrected chi connectivity index (χ4v) is 4.95. The second-order valence-electron chi connectivity index (χ2n) is 6.78. The third-order valence-electron chi connectivity index (χ3n) is 4.65. The molecule has 0 saturated carbocycles. The van der Waals surface area contributed by atoms with Crippen LogP contribution in [0.2, 0.25) is 5.02 Å². The Morgan fingerprint density at radius 2 is 1.67 bits per heavy atom. The second kappa shape index (κ2) is 8.42. The van der Waals surface area contributed by atoms with E-state index in [-0.39, 0.29) is 11.4 Å². The summed E-state index contributed by atoms with van der Waals surface area (Å²) >= 11 is 5.93. The smallest absolute Gasteiger partial charge is 0.241 e. The Bertz CT molecular complexity index is 945. The Hall–Kier alpha value is -1.89. The van der Waals surface area contributed by atoms with Crippen LogP contribution in [0.4, 0.5) is 0 Å². The number of nitrogens with one attached hydrogen (secondary N) is 2. The molecule has 5 nitrogen and oxygen atoms in total. The molecule has 0 fully saturated rings. The molecule has 0 aliphatic rings. The van der Waals surface area contributed by atoms with Gasteiger partial charge in [0.2, 0.25) is 15.9 Å². The highest BCUT2D eigenvalue weighted by Gasteiger charge is 2.26. The fraction of sp³-hybridized carbons (Fsp3) is 0.350. The first kappa shape index (κ1) is 21.4. The van der Waals surface area contributed by atoms with E-state index in [1.807, 2.05) is 26.0 Å². The van der Waals surface area contributed by atoms with E-state index < -0.39 is 22.0 Å². The molecular formula is C20H25ClN2O3S. The van der Waals surface area contributed by atoms with E-state index in [1.165, 1.54) is 6.92 Å². The van der Waals surface area contributed by atoms with Gasteiger partial charge in [-0.3, -0.25) is 4.79 Å². The van der Waals surface area contributed by atoms with Crippen LogP contribution in [0.15, 0.2) is 35.2 Å². The maximum atomic E-state index is 12.9. The van der Waals surface area contributed by atoms with Crippen molar-refractivity contribution in [1.29, 1.82) is 0 Å². The molecule has 2 aromatic carbocycles. The standard InChI is InChI=1S/C20H25ClN2O3S/c1-12-9-13(2)15(4)19(14(12)3)27(25,26)23-16(5)20(24)22-11-17-7-6-8-18(21)10-17/h6-10,16,23H,11H2,1-5H3,(H,22,24)/t16-/m0/s1. The Morgan fingerprint density at radius 3 is 2.22 bits per heavy atom. The van der Waals surface area contributed by atoms with Gasteiger partial charge in [0.05, 0.1) is 10.9 Å². The lowest BCUT2D eigenvalue weighted by Crippen LogP contribution is -2.44. The van der Waals surface area contributed by atoms with Gasteiger partial charge in [0.1, 0.15) is 0 Å². The van der Waals surface area contributed by atoms with Gasteiger partial charge in [-0.1, -0.05) is 29.8 Å². The van der Waals surface area contributed by atoms with Gasteiger partial charge in [-0.05, 0) is 74.6 Å². The summed E-state index contributed by atoms with van der Waals surface area (Å²) in [7, 11) is -3.83. The summed E-state index contributed by atoms with van der Waals surface area (Å²) in [5, 5.41) is 3.31. The zero-order valence-electron chi connectivity index (χ0n) is 16.2. The largest absolute Gasteiger partial charge is 0.351 e. The van der Waals surface area contributed by atoms with Gasteiger partial charge in [-0.25, -0.2) is 8.42 Å². The molecule has 0 spiro atoms. The van der Waals surface area contributed by atoms with E-state index in [1.54, 1.807) is 32.0 Å². The zero-order chi connectivity index (χ0) is 20.4. The van der Waals surface area contributed by atoms with Crippen molar-refractivity contribution < 1.29 is 13.2 Å². The van der Waals surface area contributed by atoms with Crippen molar-refractivity contribution in [1.82, 2.24) is 10.0 Å². The molecule has 146 valence electrons. The SMILES string of the molecule is Cc1cc(C)c(C)c(S(=O)(=O)N[C@@H](C)C(=O)NCc2cccc(Cl)c2)c1C. The molecule has 0 aliphatic heterocycles. The van der Waals surface area contributed by atoms with Crippen LogP contribution in [0, 0.1) is 27.7 Å². The summed E-state index contributed by atoms with van der Waals surface area (Å²) in [6, 6.07) is 8.18. The number of amides is 1. The lowest BCUT2D eigenvalue weighted by Gasteiger charge is -2.19. The van der Waals surface area contributed by atoms with Crippen molar-refractivity contribution in [2.75, 3.05) is 0 Å². The summed E-state index contributed by atoms with van der Waals surface area (Å²) in [5.41, 5.74) is 4.02. The summed E-state index contributed by atoms with van der Waals surface area (Å²) in [4.78, 5) is 12.6. The number of halogens is 1. The van der Waals surface area contributed by atoms with Crippen LogP contribution in [0.25, 0.3) is 0 Å². The van der Waals surface area contributed by atoms with E-state index >= 15 is 0 Å². The maximum Gasteiger partial charge on any atom is 0.241 e. The van der Waals surface area contributed by atoms with Crippen molar-refractivity contribution in [2.24, 2.45) is 0 Å². The van der Waals surface area contributed by atoms with Gasteiger partial charge in [0.15, 0.2) is 0 Å². The molecule has 2 rings (SSSR count). The number of carbonyl (C=O) groups is 1. The van der Waals surface area contributed by atoms with Crippen LogP contribution in [0.1, 0.15) is 34.7 Å². The fourth-order valence-electron chi connectivity index (χ4n) is 2.92. The average molecular weight is 409 g/mol. The second-order valence-corrected chi connectivity index (χ2v) is 8.87. The minimum Gasteiger partial charge on any atom is -0.351 e. The molecule has 0 aliphatic carbocycles. The summed E-state index contributed by atoms with van der Waals surface area (Å²) < 4.78 is 28.3. The number of aryl methyl sites for hydroxylation is 2. The lowest BCUT2D eigenvalue weighted by atomic mass is 10.0. The number of carbonyl (C=O) groups excluding carboxylic acids is 1. The highest BCUT2D eigenvalue weighted by atomic mass is 35.5. The predicted octanol–water partition coefficient (Wildman–Crippen LogP) is 3.56. The zero-order valence-corrected chi connectivity index (χ0v) is 17.8. The Balaban J connectivity index is 2.14. The van der Waals surface area contributed by atoms with Gasteiger partial charge in [-0.2, -0.15) is 4.72 Å². The molecule has 0 saturated heterocycles. The van der Waals surface area contributed by atoms with Crippen LogP contribution in [-0.2, 0) is 21.4 Å². The van der Waals surface area contributed by atoms with Crippen LogP contribution in [0.5, 0.6) is 0 Å². The maximum absolute atomic E-state index is 12.9. The number of sulfonamides is 1. The average Bonchev–Trinajstić information content (AvgIpc) is 2.57. The first-order valence-electron chi connectivity index (χ1n) is 8.65. The summed E-state index contributed by atoms with van der Waals surface area (Å²) in [5.74, 6) is -0.404. The third-order valence-corrected chi connectivity index (χ3v) is 6.70. The summed E-state index contributed by atoms with van der Waals surface area (Å²) in [6.45, 7) is 9.11. The normalized spacial score (nSPS) is 12.7. The molecule has 0 unspecified atom stereocenters. The van der Waals surface area contributed by atoms with E-state index in [2.05, 4.69) is 10.0 Å². The first-order valence-corrected chi connectivity index (χ1v) is 10.5. The Labute approximate surface area is 166 Å². The van der Waals surface area contributed by atoms with E-state index in [0.717, 1.165) is 16.7 Å². The monoisotopic (exact) mass is 408 g/mol. The number of benzene rings is 2. The molecule has 27 heavy (non-hydrogen) atoms. The van der Waals surface area contributed by atoms with Crippen LogP contribution < -0.4 is 10.0 Å². The highest BCUT2D eigenvalue weighted by molar-refractivity contribution is 7.89. The molecule has 0 heterocycles. The third kappa shape index (κ3) is 5.09. The van der Waals surface area contributed by atoms with E-state index in [9.17, 15) is 13.2 Å². The van der Waals surface area contributed by atoms with Gasteiger partial charge in [0, 0.05) is 11.6 Å². The molecule has 1 atom stereocenters. The number of rotatable bonds is 6. The van der Waals surface area contributed by atoms with Crippen molar-refractivity contribution in [3.05, 3.63) is 63.2 Å². The molecule has 7 heteroatoms.